The number of ether oxygens (including phenoxy) is 1. The van der Waals surface area contributed by atoms with E-state index in [-0.39, 0.29) is 16.5 Å². The predicted octanol–water partition coefficient (Wildman–Crippen LogP) is 2.19. The molecule has 0 aliphatic rings. The minimum Gasteiger partial charge on any atom is -0.452 e. The van der Waals surface area contributed by atoms with E-state index in [1.807, 2.05) is 31.2 Å². The second-order valence-corrected chi connectivity index (χ2v) is 8.08. The Balaban J connectivity index is 1.93. The molecule has 0 saturated carbocycles. The Kier molecular flexibility index (Phi) is 7.31. The predicted molar refractivity (Wildman–Crippen MR) is 105 cm³/mol. The summed E-state index contributed by atoms with van der Waals surface area (Å²) in [7, 11) is -2.39. The first-order valence-electron chi connectivity index (χ1n) is 8.85. The highest BCUT2D eigenvalue weighted by Gasteiger charge is 2.17. The number of amides is 1. The Labute approximate surface area is 165 Å². The molecule has 28 heavy (non-hydrogen) atoms. The van der Waals surface area contributed by atoms with Crippen LogP contribution in [-0.2, 0) is 26.0 Å². The number of aryl methyl sites for hydroxylation is 1. The van der Waals surface area contributed by atoms with E-state index in [0.29, 0.717) is 0 Å². The van der Waals surface area contributed by atoms with E-state index in [0.717, 1.165) is 12.0 Å². The van der Waals surface area contributed by atoms with Crippen LogP contribution in [0, 0.1) is 0 Å². The van der Waals surface area contributed by atoms with E-state index in [4.69, 9.17) is 4.74 Å². The van der Waals surface area contributed by atoms with Gasteiger partial charge < -0.3 is 10.1 Å². The van der Waals surface area contributed by atoms with E-state index in [2.05, 4.69) is 17.0 Å². The van der Waals surface area contributed by atoms with Gasteiger partial charge in [-0.2, -0.15) is 0 Å². The standard InChI is InChI=1S/C20H24N2O5S/c1-4-15-8-10-16(11-9-15)14(2)22-19(23)13-27-20(24)17-6-5-7-18(12-17)28(25,26)21-3/h5-12,14,21H,4,13H2,1-3H3,(H,22,23). The van der Waals surface area contributed by atoms with Crippen molar-refractivity contribution < 1.29 is 22.7 Å². The zero-order valence-corrected chi connectivity index (χ0v) is 16.9. The molecule has 0 aliphatic carbocycles. The zero-order chi connectivity index (χ0) is 20.7. The number of nitrogens with one attached hydrogen (secondary N) is 2. The van der Waals surface area contributed by atoms with Crippen LogP contribution < -0.4 is 10.0 Å². The smallest absolute Gasteiger partial charge is 0.338 e. The van der Waals surface area contributed by atoms with Crippen LogP contribution in [0.5, 0.6) is 0 Å². The fraction of sp³-hybridized carbons (Fsp3) is 0.300. The summed E-state index contributed by atoms with van der Waals surface area (Å²) < 4.78 is 30.8. The Morgan fingerprint density at radius 3 is 2.39 bits per heavy atom. The molecule has 0 bridgehead atoms. The van der Waals surface area contributed by atoms with Gasteiger partial charge in [0, 0.05) is 0 Å². The molecule has 0 aromatic heterocycles. The summed E-state index contributed by atoms with van der Waals surface area (Å²) in [5, 5.41) is 2.76. The molecule has 7 nitrogen and oxygen atoms in total. The molecule has 150 valence electrons. The monoisotopic (exact) mass is 404 g/mol. The number of rotatable bonds is 8. The van der Waals surface area contributed by atoms with Gasteiger partial charge in [0.25, 0.3) is 5.91 Å². The molecule has 0 aliphatic heterocycles. The van der Waals surface area contributed by atoms with Crippen molar-refractivity contribution >= 4 is 21.9 Å². The van der Waals surface area contributed by atoms with E-state index >= 15 is 0 Å². The van der Waals surface area contributed by atoms with Crippen LogP contribution in [0.3, 0.4) is 0 Å². The van der Waals surface area contributed by atoms with Gasteiger partial charge in [0.05, 0.1) is 16.5 Å². The summed E-state index contributed by atoms with van der Waals surface area (Å²) in [4.78, 5) is 24.1. The second kappa shape index (κ2) is 9.48. The third-order valence-electron chi connectivity index (χ3n) is 4.25. The summed E-state index contributed by atoms with van der Waals surface area (Å²) in [5.74, 6) is -1.22. The molecule has 1 unspecified atom stereocenters. The molecule has 2 rings (SSSR count). The minimum atomic E-state index is -3.67. The first kappa shape index (κ1) is 21.6. The third kappa shape index (κ3) is 5.64. The SMILES string of the molecule is CCc1ccc(C(C)NC(=O)COC(=O)c2cccc(S(=O)(=O)NC)c2)cc1. The fourth-order valence-electron chi connectivity index (χ4n) is 2.53. The molecule has 1 amide bonds. The van der Waals surface area contributed by atoms with Crippen molar-refractivity contribution in [3.63, 3.8) is 0 Å². The van der Waals surface area contributed by atoms with E-state index in [1.54, 1.807) is 0 Å². The van der Waals surface area contributed by atoms with Crippen LogP contribution >= 0.6 is 0 Å². The highest BCUT2D eigenvalue weighted by molar-refractivity contribution is 7.89. The number of sulfonamides is 1. The Morgan fingerprint density at radius 2 is 1.79 bits per heavy atom. The average molecular weight is 404 g/mol. The van der Waals surface area contributed by atoms with Crippen LogP contribution in [0.1, 0.15) is 41.4 Å². The topological polar surface area (TPSA) is 102 Å². The molecule has 0 spiro atoms. The lowest BCUT2D eigenvalue weighted by atomic mass is 10.1. The average Bonchev–Trinajstić information content (AvgIpc) is 2.72. The van der Waals surface area contributed by atoms with E-state index < -0.39 is 28.5 Å². The van der Waals surface area contributed by atoms with Crippen LogP contribution in [0.2, 0.25) is 0 Å². The lowest BCUT2D eigenvalue weighted by molar-refractivity contribution is -0.124. The Bertz CT molecular complexity index is 939. The van der Waals surface area contributed by atoms with Crippen molar-refractivity contribution in [1.29, 1.82) is 0 Å². The minimum absolute atomic E-state index is 0.0485. The first-order chi connectivity index (χ1) is 13.3. The van der Waals surface area contributed by atoms with Crippen LogP contribution in [-0.4, -0.2) is 33.9 Å². The number of hydrogen-bond acceptors (Lipinski definition) is 5. The number of hydrogen-bond donors (Lipinski definition) is 2. The van der Waals surface area contributed by atoms with E-state index in [1.165, 1.54) is 36.9 Å². The quantitative estimate of drug-likeness (QED) is 0.657. The molecule has 2 aromatic carbocycles. The molecule has 1 atom stereocenters. The molecule has 0 radical (unpaired) electrons. The molecule has 0 saturated heterocycles. The third-order valence-corrected chi connectivity index (χ3v) is 5.66. The van der Waals surface area contributed by atoms with Crippen molar-refractivity contribution in [2.75, 3.05) is 13.7 Å². The normalized spacial score (nSPS) is 12.2. The van der Waals surface area contributed by atoms with Gasteiger partial charge in [0.15, 0.2) is 6.61 Å². The number of carbonyl (C=O) groups excluding carboxylic acids is 2. The largest absolute Gasteiger partial charge is 0.452 e. The summed E-state index contributed by atoms with van der Waals surface area (Å²) in [6.45, 7) is 3.45. The van der Waals surface area contributed by atoms with Gasteiger partial charge in [-0.15, -0.1) is 0 Å². The van der Waals surface area contributed by atoms with Gasteiger partial charge in [-0.1, -0.05) is 37.3 Å². The molecule has 8 heteroatoms. The van der Waals surface area contributed by atoms with Crippen molar-refractivity contribution in [2.45, 2.75) is 31.2 Å². The van der Waals surface area contributed by atoms with Crippen molar-refractivity contribution in [3.05, 3.63) is 65.2 Å². The number of benzene rings is 2. The second-order valence-electron chi connectivity index (χ2n) is 6.20. The summed E-state index contributed by atoms with van der Waals surface area (Å²) >= 11 is 0. The summed E-state index contributed by atoms with van der Waals surface area (Å²) in [6, 6.07) is 13.1. The molecule has 2 aromatic rings. The van der Waals surface area contributed by atoms with Crippen molar-refractivity contribution in [3.8, 4) is 0 Å². The fourth-order valence-corrected chi connectivity index (χ4v) is 3.31. The van der Waals surface area contributed by atoms with Gasteiger partial charge in [0.1, 0.15) is 0 Å². The van der Waals surface area contributed by atoms with Gasteiger partial charge >= 0.3 is 5.97 Å². The summed E-state index contributed by atoms with van der Waals surface area (Å²) in [5.41, 5.74) is 2.20. The highest BCUT2D eigenvalue weighted by Crippen LogP contribution is 2.14. The van der Waals surface area contributed by atoms with Gasteiger partial charge in [-0.3, -0.25) is 4.79 Å². The van der Waals surface area contributed by atoms with Crippen LogP contribution in [0.4, 0.5) is 0 Å². The van der Waals surface area contributed by atoms with Crippen molar-refractivity contribution in [2.24, 2.45) is 0 Å². The maximum atomic E-state index is 12.1. The molecule has 2 N–H and O–H groups in total. The molecule has 0 fully saturated rings. The molecule has 0 heterocycles. The first-order valence-corrected chi connectivity index (χ1v) is 10.3. The number of carbonyl (C=O) groups is 2. The molecular formula is C20H24N2O5S. The van der Waals surface area contributed by atoms with Gasteiger partial charge in [0.2, 0.25) is 10.0 Å². The molecular weight excluding hydrogens is 380 g/mol. The van der Waals surface area contributed by atoms with Gasteiger partial charge in [-0.05, 0) is 49.7 Å². The lowest BCUT2D eigenvalue weighted by Gasteiger charge is -2.15. The Morgan fingerprint density at radius 1 is 1.11 bits per heavy atom. The maximum absolute atomic E-state index is 12.1. The summed E-state index contributed by atoms with van der Waals surface area (Å²) in [6.07, 6.45) is 0.938. The van der Waals surface area contributed by atoms with E-state index in [9.17, 15) is 18.0 Å². The van der Waals surface area contributed by atoms with Gasteiger partial charge in [-0.25, -0.2) is 17.9 Å². The zero-order valence-electron chi connectivity index (χ0n) is 16.1. The van der Waals surface area contributed by atoms with Crippen LogP contribution in [0.25, 0.3) is 0 Å². The highest BCUT2D eigenvalue weighted by atomic mass is 32.2. The Hall–Kier alpha value is -2.71. The van der Waals surface area contributed by atoms with Crippen molar-refractivity contribution in [1.82, 2.24) is 10.0 Å². The number of esters is 1. The maximum Gasteiger partial charge on any atom is 0.338 e. The lowest BCUT2D eigenvalue weighted by Crippen LogP contribution is -2.31. The van der Waals surface area contributed by atoms with Crippen LogP contribution in [0.15, 0.2) is 53.4 Å².